The van der Waals surface area contributed by atoms with Crippen molar-refractivity contribution in [3.8, 4) is 5.75 Å². The van der Waals surface area contributed by atoms with Gasteiger partial charge in [-0.05, 0) is 19.1 Å². The Morgan fingerprint density at radius 1 is 1.58 bits per heavy atom. The molecule has 0 radical (unpaired) electrons. The minimum atomic E-state index is -0.502. The van der Waals surface area contributed by atoms with Crippen LogP contribution in [-0.2, 0) is 9.59 Å². The largest absolute Gasteiger partial charge is 0.484 e. The van der Waals surface area contributed by atoms with Gasteiger partial charge in [0.2, 0.25) is 5.91 Å². The molecule has 1 aliphatic rings. The number of nitrogens with one attached hydrogen (secondary N) is 1. The predicted octanol–water partition coefficient (Wildman–Crippen LogP) is 0.551. The van der Waals surface area contributed by atoms with Crippen molar-refractivity contribution in [1.29, 1.82) is 0 Å². The lowest BCUT2D eigenvalue weighted by Gasteiger charge is -2.32. The van der Waals surface area contributed by atoms with E-state index in [2.05, 4.69) is 5.32 Å². The van der Waals surface area contributed by atoms with Crippen LogP contribution < -0.4 is 10.1 Å². The molecule has 1 unspecified atom stereocenters. The molecule has 0 aliphatic carbocycles. The lowest BCUT2D eigenvalue weighted by atomic mass is 10.2. The molecule has 1 aliphatic heterocycles. The molecule has 1 heterocycles. The Morgan fingerprint density at radius 2 is 2.37 bits per heavy atom. The van der Waals surface area contributed by atoms with Gasteiger partial charge in [-0.2, -0.15) is 0 Å². The summed E-state index contributed by atoms with van der Waals surface area (Å²) in [6.45, 7) is 2.35. The molecule has 1 aromatic carbocycles. The molecule has 1 saturated heterocycles. The second kappa shape index (κ2) is 5.69. The maximum absolute atomic E-state index is 12.9. The van der Waals surface area contributed by atoms with Gasteiger partial charge < -0.3 is 15.0 Å². The average Bonchev–Trinajstić information content (AvgIpc) is 2.39. The third-order valence-electron chi connectivity index (χ3n) is 2.98. The van der Waals surface area contributed by atoms with Crippen LogP contribution in [0, 0.1) is 5.82 Å². The molecule has 1 atom stereocenters. The summed E-state index contributed by atoms with van der Waals surface area (Å²) in [7, 11) is 0. The van der Waals surface area contributed by atoms with E-state index in [1.165, 1.54) is 23.1 Å². The standard InChI is InChI=1S/C13H15FN2O3/c1-9-13(18)15-5-6-16(9)12(17)8-19-11-4-2-3-10(14)7-11/h2-4,7,9H,5-6,8H2,1H3,(H,15,18). The molecule has 5 nitrogen and oxygen atoms in total. The molecule has 6 heteroatoms. The molecule has 102 valence electrons. The van der Waals surface area contributed by atoms with Crippen LogP contribution in [0.5, 0.6) is 5.75 Å². The molecule has 0 aromatic heterocycles. The number of amides is 2. The first-order chi connectivity index (χ1) is 9.08. The molecular weight excluding hydrogens is 251 g/mol. The zero-order valence-corrected chi connectivity index (χ0v) is 10.6. The van der Waals surface area contributed by atoms with E-state index in [0.29, 0.717) is 18.8 Å². The Balaban J connectivity index is 1.92. The number of benzene rings is 1. The van der Waals surface area contributed by atoms with Crippen LogP contribution in [0.1, 0.15) is 6.92 Å². The maximum atomic E-state index is 12.9. The first-order valence-electron chi connectivity index (χ1n) is 6.03. The van der Waals surface area contributed by atoms with Gasteiger partial charge in [-0.1, -0.05) is 6.07 Å². The highest BCUT2D eigenvalue weighted by Crippen LogP contribution is 2.12. The van der Waals surface area contributed by atoms with Gasteiger partial charge in [0.25, 0.3) is 5.91 Å². The van der Waals surface area contributed by atoms with Gasteiger partial charge in [-0.3, -0.25) is 9.59 Å². The number of ether oxygens (including phenoxy) is 1. The lowest BCUT2D eigenvalue weighted by Crippen LogP contribution is -2.56. The number of nitrogens with zero attached hydrogens (tertiary/aromatic N) is 1. The Morgan fingerprint density at radius 3 is 3.11 bits per heavy atom. The second-order valence-corrected chi connectivity index (χ2v) is 4.30. The van der Waals surface area contributed by atoms with Crippen molar-refractivity contribution in [2.24, 2.45) is 0 Å². The summed E-state index contributed by atoms with van der Waals surface area (Å²) in [6.07, 6.45) is 0. The van der Waals surface area contributed by atoms with E-state index in [1.807, 2.05) is 0 Å². The molecule has 0 bridgehead atoms. The fourth-order valence-corrected chi connectivity index (χ4v) is 1.91. The van der Waals surface area contributed by atoms with Crippen LogP contribution in [0.2, 0.25) is 0 Å². The highest BCUT2D eigenvalue weighted by molar-refractivity contribution is 5.88. The van der Waals surface area contributed by atoms with E-state index >= 15 is 0 Å². The van der Waals surface area contributed by atoms with E-state index in [9.17, 15) is 14.0 Å². The summed E-state index contributed by atoms with van der Waals surface area (Å²) < 4.78 is 18.2. The van der Waals surface area contributed by atoms with Crippen LogP contribution in [0.4, 0.5) is 4.39 Å². The first-order valence-corrected chi connectivity index (χ1v) is 6.03. The predicted molar refractivity (Wildman–Crippen MR) is 66.1 cm³/mol. The van der Waals surface area contributed by atoms with E-state index in [-0.39, 0.29) is 18.4 Å². The zero-order chi connectivity index (χ0) is 13.8. The molecular formula is C13H15FN2O3. The Hall–Kier alpha value is -2.11. The number of hydrogen-bond donors (Lipinski definition) is 1. The normalized spacial score (nSPS) is 18.9. The topological polar surface area (TPSA) is 58.6 Å². The zero-order valence-electron chi connectivity index (χ0n) is 10.6. The number of hydrogen-bond acceptors (Lipinski definition) is 3. The van der Waals surface area contributed by atoms with Crippen LogP contribution in [0.25, 0.3) is 0 Å². The van der Waals surface area contributed by atoms with Gasteiger partial charge in [0.05, 0.1) is 0 Å². The van der Waals surface area contributed by atoms with Crippen LogP contribution in [0.15, 0.2) is 24.3 Å². The van der Waals surface area contributed by atoms with Crippen molar-refractivity contribution in [2.75, 3.05) is 19.7 Å². The lowest BCUT2D eigenvalue weighted by molar-refractivity contribution is -0.143. The van der Waals surface area contributed by atoms with Crippen molar-refractivity contribution >= 4 is 11.8 Å². The SMILES string of the molecule is CC1C(=O)NCCN1C(=O)COc1cccc(F)c1. The summed E-state index contributed by atoms with van der Waals surface area (Å²) in [4.78, 5) is 24.8. The fraction of sp³-hybridized carbons (Fsp3) is 0.385. The molecule has 2 rings (SSSR count). The third-order valence-corrected chi connectivity index (χ3v) is 2.98. The molecule has 1 N–H and O–H groups in total. The summed E-state index contributed by atoms with van der Waals surface area (Å²) in [5, 5.41) is 2.67. The van der Waals surface area contributed by atoms with Crippen molar-refractivity contribution in [2.45, 2.75) is 13.0 Å². The van der Waals surface area contributed by atoms with Crippen molar-refractivity contribution in [1.82, 2.24) is 10.2 Å². The van der Waals surface area contributed by atoms with Gasteiger partial charge in [-0.25, -0.2) is 4.39 Å². The summed E-state index contributed by atoms with van der Waals surface area (Å²) in [6, 6.07) is 5.08. The quantitative estimate of drug-likeness (QED) is 0.869. The average molecular weight is 266 g/mol. The third kappa shape index (κ3) is 3.21. The van der Waals surface area contributed by atoms with Crippen molar-refractivity contribution in [3.63, 3.8) is 0 Å². The second-order valence-electron chi connectivity index (χ2n) is 4.30. The number of carbonyl (C=O) groups is 2. The minimum Gasteiger partial charge on any atom is -0.484 e. The van der Waals surface area contributed by atoms with E-state index < -0.39 is 11.9 Å². The van der Waals surface area contributed by atoms with Gasteiger partial charge in [0, 0.05) is 19.2 Å². The molecule has 19 heavy (non-hydrogen) atoms. The summed E-state index contributed by atoms with van der Waals surface area (Å²) in [5.41, 5.74) is 0. The molecule has 2 amide bonds. The molecule has 1 fully saturated rings. The van der Waals surface area contributed by atoms with Gasteiger partial charge in [0.1, 0.15) is 17.6 Å². The summed E-state index contributed by atoms with van der Waals surface area (Å²) in [5.74, 6) is -0.588. The highest BCUT2D eigenvalue weighted by Gasteiger charge is 2.29. The van der Waals surface area contributed by atoms with Gasteiger partial charge in [-0.15, -0.1) is 0 Å². The van der Waals surface area contributed by atoms with E-state index in [0.717, 1.165) is 0 Å². The maximum Gasteiger partial charge on any atom is 0.261 e. The van der Waals surface area contributed by atoms with Crippen molar-refractivity contribution in [3.05, 3.63) is 30.1 Å². The number of rotatable bonds is 3. The van der Waals surface area contributed by atoms with Crippen LogP contribution in [-0.4, -0.2) is 42.5 Å². The number of piperazine rings is 1. The Kier molecular flexibility index (Phi) is 3.99. The number of carbonyl (C=O) groups excluding carboxylic acids is 2. The molecule has 0 spiro atoms. The van der Waals surface area contributed by atoms with Crippen molar-refractivity contribution < 1.29 is 18.7 Å². The Bertz CT molecular complexity index is 493. The number of halogens is 1. The van der Waals surface area contributed by atoms with Gasteiger partial charge in [0.15, 0.2) is 6.61 Å². The first kappa shape index (κ1) is 13.3. The van der Waals surface area contributed by atoms with Crippen LogP contribution >= 0.6 is 0 Å². The molecule has 0 saturated carbocycles. The Labute approximate surface area is 110 Å². The fourth-order valence-electron chi connectivity index (χ4n) is 1.91. The monoisotopic (exact) mass is 266 g/mol. The van der Waals surface area contributed by atoms with Crippen LogP contribution in [0.3, 0.4) is 0 Å². The van der Waals surface area contributed by atoms with E-state index in [4.69, 9.17) is 4.74 Å². The highest BCUT2D eigenvalue weighted by atomic mass is 19.1. The van der Waals surface area contributed by atoms with Gasteiger partial charge >= 0.3 is 0 Å². The smallest absolute Gasteiger partial charge is 0.261 e. The van der Waals surface area contributed by atoms with E-state index in [1.54, 1.807) is 13.0 Å². The minimum absolute atomic E-state index is 0.176. The summed E-state index contributed by atoms with van der Waals surface area (Å²) >= 11 is 0. The molecule has 1 aromatic rings.